The normalized spacial score (nSPS) is 10.6. The van der Waals surface area contributed by atoms with Gasteiger partial charge in [-0.3, -0.25) is 4.79 Å². The molecule has 4 aromatic rings. The van der Waals surface area contributed by atoms with Crippen molar-refractivity contribution in [2.75, 3.05) is 11.9 Å². The fraction of sp³-hybridized carbons (Fsp3) is 0.120. The smallest absolute Gasteiger partial charge is 0.230 e. The predicted molar refractivity (Wildman–Crippen MR) is 116 cm³/mol. The summed E-state index contributed by atoms with van der Waals surface area (Å²) in [7, 11) is 0. The van der Waals surface area contributed by atoms with E-state index in [9.17, 15) is 9.18 Å². The molecule has 1 N–H and O–H groups in total. The number of nitrogens with zero attached hydrogens (tertiary/aromatic N) is 1. The number of ether oxygens (including phenoxy) is 1. The Bertz CT molecular complexity index is 1140. The largest absolute Gasteiger partial charge is 0.491 e. The van der Waals surface area contributed by atoms with E-state index in [1.807, 2.05) is 36.4 Å². The van der Waals surface area contributed by atoms with Crippen molar-refractivity contribution >= 4 is 11.6 Å². The monoisotopic (exact) mass is 416 g/mol. The Morgan fingerprint density at radius 3 is 2.52 bits per heavy atom. The van der Waals surface area contributed by atoms with Crippen molar-refractivity contribution in [1.82, 2.24) is 4.98 Å². The van der Waals surface area contributed by atoms with Crippen molar-refractivity contribution < 1.29 is 18.3 Å². The number of carbonyl (C=O) groups is 1. The number of hydrogen-bond donors (Lipinski definition) is 1. The molecule has 4 rings (SSSR count). The molecule has 0 spiro atoms. The van der Waals surface area contributed by atoms with Crippen LogP contribution in [0.15, 0.2) is 89.5 Å². The van der Waals surface area contributed by atoms with Crippen LogP contribution in [-0.4, -0.2) is 17.5 Å². The molecule has 6 heteroatoms. The first kappa shape index (κ1) is 20.3. The second kappa shape index (κ2) is 9.71. The molecule has 0 radical (unpaired) electrons. The van der Waals surface area contributed by atoms with Gasteiger partial charge in [0.15, 0.2) is 0 Å². The van der Waals surface area contributed by atoms with Gasteiger partial charge in [-0.05, 0) is 42.0 Å². The summed E-state index contributed by atoms with van der Waals surface area (Å²) in [5, 5.41) is 2.87. The van der Waals surface area contributed by atoms with Gasteiger partial charge in [0.25, 0.3) is 0 Å². The average molecular weight is 416 g/mol. The molecule has 0 aliphatic heterocycles. The molecule has 0 aliphatic rings. The third kappa shape index (κ3) is 5.57. The SMILES string of the molecule is O=C(Cc1coc(-c2ccc(F)cc2)n1)Nc1ccccc1OCCc1ccccc1. The number of anilines is 1. The molecule has 0 aliphatic carbocycles. The summed E-state index contributed by atoms with van der Waals surface area (Å²) in [4.78, 5) is 16.8. The lowest BCUT2D eigenvalue weighted by Crippen LogP contribution is -2.15. The summed E-state index contributed by atoms with van der Waals surface area (Å²) in [5.74, 6) is 0.379. The van der Waals surface area contributed by atoms with Gasteiger partial charge in [-0.2, -0.15) is 0 Å². The first-order valence-electron chi connectivity index (χ1n) is 9.93. The van der Waals surface area contributed by atoms with Crippen molar-refractivity contribution in [1.29, 1.82) is 0 Å². The van der Waals surface area contributed by atoms with Crippen molar-refractivity contribution in [2.24, 2.45) is 0 Å². The van der Waals surface area contributed by atoms with Crippen LogP contribution in [0.5, 0.6) is 5.75 Å². The minimum Gasteiger partial charge on any atom is -0.491 e. The van der Waals surface area contributed by atoms with Gasteiger partial charge in [0, 0.05) is 12.0 Å². The van der Waals surface area contributed by atoms with E-state index in [2.05, 4.69) is 22.4 Å². The third-order valence-electron chi connectivity index (χ3n) is 4.64. The lowest BCUT2D eigenvalue weighted by Gasteiger charge is -2.12. The van der Waals surface area contributed by atoms with E-state index in [0.717, 1.165) is 6.42 Å². The maximum atomic E-state index is 13.1. The van der Waals surface area contributed by atoms with Crippen molar-refractivity contribution in [3.05, 3.63) is 102 Å². The highest BCUT2D eigenvalue weighted by atomic mass is 19.1. The highest BCUT2D eigenvalue weighted by Gasteiger charge is 2.13. The first-order chi connectivity index (χ1) is 15.2. The number of aromatic nitrogens is 1. The molecule has 31 heavy (non-hydrogen) atoms. The lowest BCUT2D eigenvalue weighted by molar-refractivity contribution is -0.115. The summed E-state index contributed by atoms with van der Waals surface area (Å²) in [6, 6.07) is 23.2. The van der Waals surface area contributed by atoms with Gasteiger partial charge in [-0.1, -0.05) is 42.5 Å². The number of carbonyl (C=O) groups excluding carboxylic acids is 1. The Morgan fingerprint density at radius 2 is 1.71 bits per heavy atom. The number of benzene rings is 3. The standard InChI is InChI=1S/C25H21FN2O3/c26-20-12-10-19(11-13-20)25-27-21(17-31-25)16-24(29)28-22-8-4-5-9-23(22)30-15-14-18-6-2-1-3-7-18/h1-13,17H,14-16H2,(H,28,29). The molecule has 0 saturated carbocycles. The number of amides is 1. The summed E-state index contributed by atoms with van der Waals surface area (Å²) in [5.41, 5.74) is 2.92. The minimum atomic E-state index is -0.334. The van der Waals surface area contributed by atoms with E-state index < -0.39 is 0 Å². The zero-order chi connectivity index (χ0) is 21.5. The number of hydrogen-bond acceptors (Lipinski definition) is 4. The van der Waals surface area contributed by atoms with Gasteiger partial charge in [0.2, 0.25) is 11.8 Å². The van der Waals surface area contributed by atoms with Gasteiger partial charge in [0.05, 0.1) is 24.4 Å². The number of rotatable bonds is 8. The molecule has 1 heterocycles. The summed E-state index contributed by atoms with van der Waals surface area (Å²) >= 11 is 0. The lowest BCUT2D eigenvalue weighted by atomic mass is 10.2. The zero-order valence-corrected chi connectivity index (χ0v) is 16.8. The Labute approximate surface area is 179 Å². The van der Waals surface area contributed by atoms with E-state index in [-0.39, 0.29) is 18.1 Å². The topological polar surface area (TPSA) is 64.4 Å². The van der Waals surface area contributed by atoms with Gasteiger partial charge < -0.3 is 14.5 Å². The molecule has 1 amide bonds. The second-order valence-corrected chi connectivity index (χ2v) is 6.96. The molecular weight excluding hydrogens is 395 g/mol. The zero-order valence-electron chi connectivity index (χ0n) is 16.8. The second-order valence-electron chi connectivity index (χ2n) is 6.96. The van der Waals surface area contributed by atoms with Crippen molar-refractivity contribution in [3.8, 4) is 17.2 Å². The highest BCUT2D eigenvalue weighted by molar-refractivity contribution is 5.93. The number of nitrogens with one attached hydrogen (secondary N) is 1. The van der Waals surface area contributed by atoms with Crippen LogP contribution in [0.1, 0.15) is 11.3 Å². The molecule has 0 bridgehead atoms. The summed E-state index contributed by atoms with van der Waals surface area (Å²) in [6.07, 6.45) is 2.25. The van der Waals surface area contributed by atoms with Crippen LogP contribution < -0.4 is 10.1 Å². The first-order valence-corrected chi connectivity index (χ1v) is 9.93. The van der Waals surface area contributed by atoms with Crippen LogP contribution in [0, 0.1) is 5.82 Å². The van der Waals surface area contributed by atoms with Crippen LogP contribution in [0.25, 0.3) is 11.5 Å². The molecule has 1 aromatic heterocycles. The maximum absolute atomic E-state index is 13.1. The van der Waals surface area contributed by atoms with E-state index >= 15 is 0 Å². The van der Waals surface area contributed by atoms with Crippen LogP contribution in [-0.2, 0) is 17.6 Å². The molecule has 156 valence electrons. The van der Waals surface area contributed by atoms with E-state index in [1.165, 1.54) is 24.0 Å². The average Bonchev–Trinajstić information content (AvgIpc) is 3.24. The van der Waals surface area contributed by atoms with Crippen LogP contribution >= 0.6 is 0 Å². The third-order valence-corrected chi connectivity index (χ3v) is 4.64. The highest BCUT2D eigenvalue weighted by Crippen LogP contribution is 2.24. The van der Waals surface area contributed by atoms with Gasteiger partial charge in [-0.25, -0.2) is 9.37 Å². The van der Waals surface area contributed by atoms with Crippen molar-refractivity contribution in [3.63, 3.8) is 0 Å². The molecule has 0 saturated heterocycles. The van der Waals surface area contributed by atoms with Gasteiger partial charge in [-0.15, -0.1) is 0 Å². The molecule has 0 atom stereocenters. The van der Waals surface area contributed by atoms with E-state index in [1.54, 1.807) is 18.2 Å². The van der Waals surface area contributed by atoms with Crippen molar-refractivity contribution in [2.45, 2.75) is 12.8 Å². The van der Waals surface area contributed by atoms with Crippen LogP contribution in [0.4, 0.5) is 10.1 Å². The number of para-hydroxylation sites is 2. The van der Waals surface area contributed by atoms with Crippen LogP contribution in [0.3, 0.4) is 0 Å². The molecule has 0 fully saturated rings. The predicted octanol–water partition coefficient (Wildman–Crippen LogP) is 5.28. The Kier molecular flexibility index (Phi) is 6.38. The van der Waals surface area contributed by atoms with Gasteiger partial charge >= 0.3 is 0 Å². The van der Waals surface area contributed by atoms with E-state index in [0.29, 0.717) is 35.2 Å². The fourth-order valence-corrected chi connectivity index (χ4v) is 3.09. The number of oxazole rings is 1. The quantitative estimate of drug-likeness (QED) is 0.424. The molecule has 3 aromatic carbocycles. The summed E-state index contributed by atoms with van der Waals surface area (Å²) in [6.45, 7) is 0.501. The molecule has 5 nitrogen and oxygen atoms in total. The minimum absolute atomic E-state index is 0.0447. The fourth-order valence-electron chi connectivity index (χ4n) is 3.09. The molecular formula is C25H21FN2O3. The summed E-state index contributed by atoms with van der Waals surface area (Å²) < 4.78 is 24.4. The Morgan fingerprint density at radius 1 is 0.968 bits per heavy atom. The molecule has 0 unspecified atom stereocenters. The Hall–Kier alpha value is -3.93. The number of halogens is 1. The Balaban J connectivity index is 1.35. The van der Waals surface area contributed by atoms with Gasteiger partial charge in [0.1, 0.15) is 17.8 Å². The van der Waals surface area contributed by atoms with Crippen LogP contribution in [0.2, 0.25) is 0 Å². The van der Waals surface area contributed by atoms with E-state index in [4.69, 9.17) is 9.15 Å². The maximum Gasteiger partial charge on any atom is 0.230 e.